The minimum Gasteiger partial charge on any atom is -0.493 e. The van der Waals surface area contributed by atoms with Gasteiger partial charge in [0.15, 0.2) is 11.5 Å². The summed E-state index contributed by atoms with van der Waals surface area (Å²) in [5.74, 6) is 2.86. The Bertz CT molecular complexity index is 1420. The molecule has 5 rings (SSSR count). The van der Waals surface area contributed by atoms with E-state index in [9.17, 15) is 4.79 Å². The van der Waals surface area contributed by atoms with Crippen LogP contribution in [0.2, 0.25) is 0 Å². The number of aromatic nitrogens is 1. The SMILES string of the molecule is COc1cc2nccc(Oc3ccc4cc(NC(=O)[C@H]5SC=CC5C)ccc4c3)c2cc1OC. The molecule has 0 fully saturated rings. The highest BCUT2D eigenvalue weighted by molar-refractivity contribution is 8.03. The maximum Gasteiger partial charge on any atom is 0.238 e. The average Bonchev–Trinajstić information content (AvgIpc) is 3.29. The lowest BCUT2D eigenvalue weighted by molar-refractivity contribution is -0.116. The highest BCUT2D eigenvalue weighted by Crippen LogP contribution is 2.37. The van der Waals surface area contributed by atoms with Gasteiger partial charge < -0.3 is 19.5 Å². The Hall–Kier alpha value is -3.71. The van der Waals surface area contributed by atoms with Gasteiger partial charge in [-0.05, 0) is 58.5 Å². The molecule has 0 saturated carbocycles. The van der Waals surface area contributed by atoms with Crippen LogP contribution in [0.15, 0.2) is 72.3 Å². The molecule has 2 atom stereocenters. The molecule has 7 heteroatoms. The van der Waals surface area contributed by atoms with Crippen LogP contribution in [0.3, 0.4) is 0 Å². The molecule has 0 bridgehead atoms. The summed E-state index contributed by atoms with van der Waals surface area (Å²) in [5, 5.41) is 7.81. The standard InChI is InChI=1S/C27H24N2O4S/c1-16-9-11-34-26(16)27(30)29-19-6-4-18-13-20(7-5-17(18)12-19)33-23-8-10-28-22-15-25(32-3)24(31-2)14-21(22)23/h4-16,26H,1-3H3,(H,29,30)/t16?,26-/m0/s1. The molecule has 1 unspecified atom stereocenters. The van der Waals surface area contributed by atoms with Crippen molar-refractivity contribution in [3.63, 3.8) is 0 Å². The van der Waals surface area contributed by atoms with E-state index >= 15 is 0 Å². The number of fused-ring (bicyclic) bond motifs is 2. The fraction of sp³-hybridized carbons (Fsp3) is 0.185. The van der Waals surface area contributed by atoms with Crippen LogP contribution in [0.5, 0.6) is 23.0 Å². The molecule has 2 heterocycles. The van der Waals surface area contributed by atoms with E-state index in [0.717, 1.165) is 27.4 Å². The smallest absolute Gasteiger partial charge is 0.238 e. The van der Waals surface area contributed by atoms with Crippen LogP contribution in [0.1, 0.15) is 6.92 Å². The van der Waals surface area contributed by atoms with Crippen LogP contribution in [0, 0.1) is 5.92 Å². The van der Waals surface area contributed by atoms with E-state index in [1.807, 2.05) is 60.0 Å². The van der Waals surface area contributed by atoms with Gasteiger partial charge in [-0.25, -0.2) is 0 Å². The van der Waals surface area contributed by atoms with Crippen LogP contribution in [-0.2, 0) is 4.79 Å². The summed E-state index contributed by atoms with van der Waals surface area (Å²) in [5.41, 5.74) is 1.54. The minimum absolute atomic E-state index is 0.0263. The Morgan fingerprint density at radius 3 is 2.47 bits per heavy atom. The molecule has 1 N–H and O–H groups in total. The number of nitrogens with one attached hydrogen (secondary N) is 1. The Balaban J connectivity index is 1.39. The number of amides is 1. The van der Waals surface area contributed by atoms with E-state index in [4.69, 9.17) is 14.2 Å². The number of hydrogen-bond donors (Lipinski definition) is 1. The molecule has 1 aliphatic heterocycles. The third-order valence-electron chi connectivity index (χ3n) is 5.86. The number of benzene rings is 3. The predicted molar refractivity (Wildman–Crippen MR) is 137 cm³/mol. The van der Waals surface area contributed by atoms with Gasteiger partial charge in [-0.1, -0.05) is 25.1 Å². The van der Waals surface area contributed by atoms with Crippen LogP contribution in [-0.4, -0.2) is 30.4 Å². The molecular weight excluding hydrogens is 448 g/mol. The summed E-state index contributed by atoms with van der Waals surface area (Å²) in [6, 6.07) is 17.3. The zero-order chi connectivity index (χ0) is 23.7. The van der Waals surface area contributed by atoms with Crippen molar-refractivity contribution in [3.8, 4) is 23.0 Å². The van der Waals surface area contributed by atoms with E-state index < -0.39 is 0 Å². The molecule has 0 spiro atoms. The van der Waals surface area contributed by atoms with Crippen molar-refractivity contribution in [3.05, 3.63) is 72.3 Å². The summed E-state index contributed by atoms with van der Waals surface area (Å²) in [6.07, 6.45) is 3.77. The van der Waals surface area contributed by atoms with Crippen molar-refractivity contribution in [2.24, 2.45) is 5.92 Å². The molecular formula is C27H24N2O4S. The zero-order valence-electron chi connectivity index (χ0n) is 19.1. The summed E-state index contributed by atoms with van der Waals surface area (Å²) in [6.45, 7) is 2.06. The van der Waals surface area contributed by atoms with Gasteiger partial charge in [-0.15, -0.1) is 11.8 Å². The number of ether oxygens (including phenoxy) is 3. The Morgan fingerprint density at radius 1 is 0.941 bits per heavy atom. The van der Waals surface area contributed by atoms with Crippen LogP contribution in [0.25, 0.3) is 21.7 Å². The van der Waals surface area contributed by atoms with Gasteiger partial charge in [-0.2, -0.15) is 0 Å². The number of hydrogen-bond acceptors (Lipinski definition) is 6. The van der Waals surface area contributed by atoms with E-state index in [1.54, 1.807) is 32.2 Å². The first-order valence-corrected chi connectivity index (χ1v) is 11.9. The number of carbonyl (C=O) groups is 1. The molecule has 1 amide bonds. The minimum atomic E-state index is -0.0831. The van der Waals surface area contributed by atoms with E-state index in [2.05, 4.69) is 23.3 Å². The van der Waals surface area contributed by atoms with E-state index in [1.165, 1.54) is 0 Å². The number of allylic oxidation sites excluding steroid dienone is 1. The highest BCUT2D eigenvalue weighted by Gasteiger charge is 2.27. The predicted octanol–water partition coefficient (Wildman–Crippen LogP) is 6.40. The maximum atomic E-state index is 12.6. The third-order valence-corrected chi connectivity index (χ3v) is 7.11. The normalized spacial score (nSPS) is 17.1. The second kappa shape index (κ2) is 9.27. The van der Waals surface area contributed by atoms with E-state index in [-0.39, 0.29) is 17.1 Å². The lowest BCUT2D eigenvalue weighted by atomic mass is 10.1. The van der Waals surface area contributed by atoms with Crippen molar-refractivity contribution in [2.45, 2.75) is 12.2 Å². The molecule has 0 aliphatic carbocycles. The van der Waals surface area contributed by atoms with Gasteiger partial charge in [0, 0.05) is 23.3 Å². The number of thioether (sulfide) groups is 1. The third kappa shape index (κ3) is 4.26. The topological polar surface area (TPSA) is 69.7 Å². The van der Waals surface area contributed by atoms with Crippen LogP contribution < -0.4 is 19.5 Å². The lowest BCUT2D eigenvalue weighted by Crippen LogP contribution is -2.27. The number of pyridine rings is 1. The van der Waals surface area contributed by atoms with Crippen molar-refractivity contribution >= 4 is 45.0 Å². The number of methoxy groups -OCH3 is 2. The van der Waals surface area contributed by atoms with Gasteiger partial charge >= 0.3 is 0 Å². The van der Waals surface area contributed by atoms with Gasteiger partial charge in [0.05, 0.1) is 25.0 Å². The van der Waals surface area contributed by atoms with E-state index in [0.29, 0.717) is 23.0 Å². The first-order valence-electron chi connectivity index (χ1n) is 10.9. The molecule has 3 aromatic carbocycles. The summed E-state index contributed by atoms with van der Waals surface area (Å²) in [7, 11) is 3.20. The quantitative estimate of drug-likeness (QED) is 0.350. The summed E-state index contributed by atoms with van der Waals surface area (Å²) in [4.78, 5) is 17.0. The molecule has 1 aromatic heterocycles. The van der Waals surface area contributed by atoms with Crippen molar-refractivity contribution < 1.29 is 19.0 Å². The highest BCUT2D eigenvalue weighted by atomic mass is 32.2. The molecule has 34 heavy (non-hydrogen) atoms. The monoisotopic (exact) mass is 472 g/mol. The molecule has 0 saturated heterocycles. The number of carbonyl (C=O) groups excluding carboxylic acids is 1. The second-order valence-corrected chi connectivity index (χ2v) is 9.15. The second-order valence-electron chi connectivity index (χ2n) is 8.09. The fourth-order valence-corrected chi connectivity index (χ4v) is 5.05. The molecule has 172 valence electrons. The largest absolute Gasteiger partial charge is 0.493 e. The Morgan fingerprint density at radius 2 is 1.71 bits per heavy atom. The van der Waals surface area contributed by atoms with Crippen molar-refractivity contribution in [2.75, 3.05) is 19.5 Å². The van der Waals surface area contributed by atoms with Crippen molar-refractivity contribution in [1.29, 1.82) is 0 Å². The zero-order valence-corrected chi connectivity index (χ0v) is 19.9. The maximum absolute atomic E-state index is 12.6. The first-order chi connectivity index (χ1) is 16.6. The van der Waals surface area contributed by atoms with Crippen LogP contribution >= 0.6 is 11.8 Å². The van der Waals surface area contributed by atoms with Gasteiger partial charge in [0.25, 0.3) is 0 Å². The van der Waals surface area contributed by atoms with Gasteiger partial charge in [0.1, 0.15) is 11.5 Å². The summed E-state index contributed by atoms with van der Waals surface area (Å²) >= 11 is 1.56. The molecule has 6 nitrogen and oxygen atoms in total. The van der Waals surface area contributed by atoms with Crippen LogP contribution in [0.4, 0.5) is 5.69 Å². The van der Waals surface area contributed by atoms with Crippen molar-refractivity contribution in [1.82, 2.24) is 4.98 Å². The van der Waals surface area contributed by atoms with Gasteiger partial charge in [0.2, 0.25) is 5.91 Å². The fourth-order valence-electron chi connectivity index (χ4n) is 4.02. The first kappa shape index (κ1) is 22.1. The average molecular weight is 473 g/mol. The molecule has 0 radical (unpaired) electrons. The number of anilines is 1. The lowest BCUT2D eigenvalue weighted by Gasteiger charge is -2.15. The Labute approximate surface area is 201 Å². The molecule has 4 aromatic rings. The summed E-state index contributed by atoms with van der Waals surface area (Å²) < 4.78 is 17.1. The number of rotatable bonds is 6. The number of nitrogens with zero attached hydrogens (tertiary/aromatic N) is 1. The van der Waals surface area contributed by atoms with Gasteiger partial charge in [-0.3, -0.25) is 9.78 Å². The molecule has 1 aliphatic rings. The Kier molecular flexibility index (Phi) is 6.02.